The largest absolute Gasteiger partial charge is 0.412 e. The molecule has 0 radical (unpaired) electrons. The minimum absolute atomic E-state index is 0. The Hall–Kier alpha value is -0.440. The first-order valence-corrected chi connectivity index (χ1v) is 7.15. The molecule has 0 aromatic rings. The molecule has 11 heteroatoms. The SMILES string of the molecule is NCCO.O.OCCN1CN(CCO)CN(CCO)C1.OCO. The first-order chi connectivity index (χ1) is 10.6. The second-order valence-electron chi connectivity index (χ2n) is 4.43. The summed E-state index contributed by atoms with van der Waals surface area (Å²) >= 11 is 0. The van der Waals surface area contributed by atoms with Crippen LogP contribution in [0.4, 0.5) is 0 Å². The molecule has 1 saturated heterocycles. The number of hydrogen-bond donors (Lipinski definition) is 7. The zero-order valence-electron chi connectivity index (χ0n) is 13.6. The summed E-state index contributed by atoms with van der Waals surface area (Å²) in [4.78, 5) is 6.28. The van der Waals surface area contributed by atoms with Gasteiger partial charge in [-0.2, -0.15) is 0 Å². The highest BCUT2D eigenvalue weighted by molar-refractivity contribution is 4.68. The summed E-state index contributed by atoms with van der Waals surface area (Å²) in [6, 6.07) is 0. The molecule has 0 aromatic carbocycles. The van der Waals surface area contributed by atoms with Crippen molar-refractivity contribution in [1.29, 1.82) is 0 Å². The number of nitrogens with zero attached hydrogens (tertiary/aromatic N) is 3. The maximum absolute atomic E-state index is 8.87. The Morgan fingerprint density at radius 1 is 0.609 bits per heavy atom. The third-order valence-corrected chi connectivity index (χ3v) is 2.58. The maximum Gasteiger partial charge on any atom is 0.140 e. The summed E-state index contributed by atoms with van der Waals surface area (Å²) in [5, 5.41) is 48.6. The maximum atomic E-state index is 8.87. The van der Waals surface area contributed by atoms with Gasteiger partial charge >= 0.3 is 0 Å². The minimum Gasteiger partial charge on any atom is -0.412 e. The quantitative estimate of drug-likeness (QED) is 0.219. The predicted molar refractivity (Wildman–Crippen MR) is 85.0 cm³/mol. The molecular weight excluding hydrogens is 312 g/mol. The van der Waals surface area contributed by atoms with E-state index in [1.807, 2.05) is 0 Å². The van der Waals surface area contributed by atoms with E-state index in [1.54, 1.807) is 0 Å². The summed E-state index contributed by atoms with van der Waals surface area (Å²) in [5.41, 5.74) is 4.78. The van der Waals surface area contributed by atoms with E-state index in [-0.39, 0.29) is 31.9 Å². The molecule has 1 aliphatic heterocycles. The van der Waals surface area contributed by atoms with Gasteiger partial charge in [0.05, 0.1) is 46.4 Å². The molecule has 0 atom stereocenters. The van der Waals surface area contributed by atoms with Crippen LogP contribution in [0.15, 0.2) is 0 Å². The van der Waals surface area contributed by atoms with Crippen LogP contribution >= 0.6 is 0 Å². The minimum atomic E-state index is -0.750. The van der Waals surface area contributed by atoms with Crippen molar-refractivity contribution in [2.24, 2.45) is 5.73 Å². The van der Waals surface area contributed by atoms with Crippen molar-refractivity contribution in [2.45, 2.75) is 0 Å². The third kappa shape index (κ3) is 17.7. The van der Waals surface area contributed by atoms with Crippen LogP contribution < -0.4 is 5.73 Å². The van der Waals surface area contributed by atoms with Crippen molar-refractivity contribution in [1.82, 2.24) is 14.7 Å². The van der Waals surface area contributed by atoms with Gasteiger partial charge in [-0.1, -0.05) is 0 Å². The van der Waals surface area contributed by atoms with Gasteiger partial charge in [0.1, 0.15) is 6.79 Å². The molecule has 11 nitrogen and oxygen atoms in total. The van der Waals surface area contributed by atoms with Crippen molar-refractivity contribution >= 4 is 0 Å². The molecule has 0 bridgehead atoms. The molecule has 23 heavy (non-hydrogen) atoms. The molecule has 0 saturated carbocycles. The molecule has 1 fully saturated rings. The number of β-amino-alcohol motifs (C(OH)–C–C–N with tert-alkyl or cyclic N) is 3. The fourth-order valence-corrected chi connectivity index (χ4v) is 1.83. The van der Waals surface area contributed by atoms with Gasteiger partial charge < -0.3 is 41.8 Å². The molecule has 144 valence electrons. The topological polar surface area (TPSA) is 189 Å². The number of aliphatic hydroxyl groups is 6. The smallest absolute Gasteiger partial charge is 0.140 e. The molecule has 0 aliphatic carbocycles. The molecule has 1 heterocycles. The lowest BCUT2D eigenvalue weighted by atomic mass is 10.4. The normalized spacial score (nSPS) is 15.8. The lowest BCUT2D eigenvalue weighted by molar-refractivity contribution is -0.0448. The highest BCUT2D eigenvalue weighted by Crippen LogP contribution is 2.05. The Morgan fingerprint density at radius 3 is 0.957 bits per heavy atom. The Labute approximate surface area is 137 Å². The van der Waals surface area contributed by atoms with E-state index in [0.717, 1.165) is 20.0 Å². The molecule has 1 aliphatic rings. The fraction of sp³-hybridized carbons (Fsp3) is 1.00. The van der Waals surface area contributed by atoms with Crippen LogP contribution in [0.5, 0.6) is 0 Å². The van der Waals surface area contributed by atoms with Crippen LogP contribution in [-0.2, 0) is 0 Å². The van der Waals surface area contributed by atoms with Crippen LogP contribution in [-0.4, -0.2) is 130 Å². The van der Waals surface area contributed by atoms with E-state index in [4.69, 9.17) is 36.4 Å². The number of rotatable bonds is 7. The average molecular weight is 346 g/mol. The summed E-state index contributed by atoms with van der Waals surface area (Å²) in [5.74, 6) is 0. The molecule has 0 amide bonds. The van der Waals surface area contributed by atoms with E-state index in [0.29, 0.717) is 26.2 Å². The zero-order chi connectivity index (χ0) is 17.2. The molecule has 0 aromatic heterocycles. The summed E-state index contributed by atoms with van der Waals surface area (Å²) in [6.45, 7) is 4.33. The highest BCUT2D eigenvalue weighted by atomic mass is 16.5. The van der Waals surface area contributed by atoms with E-state index in [1.165, 1.54) is 0 Å². The lowest BCUT2D eigenvalue weighted by Gasteiger charge is -2.41. The monoisotopic (exact) mass is 346 g/mol. The van der Waals surface area contributed by atoms with Crippen LogP contribution in [0.1, 0.15) is 0 Å². The molecular formula is C12H34N4O7. The van der Waals surface area contributed by atoms with Crippen molar-refractivity contribution in [3.8, 4) is 0 Å². The first-order valence-electron chi connectivity index (χ1n) is 7.15. The third-order valence-electron chi connectivity index (χ3n) is 2.58. The Morgan fingerprint density at radius 2 is 0.826 bits per heavy atom. The molecule has 0 unspecified atom stereocenters. The van der Waals surface area contributed by atoms with Gasteiger partial charge in [-0.15, -0.1) is 0 Å². The predicted octanol–water partition coefficient (Wildman–Crippen LogP) is -5.20. The van der Waals surface area contributed by atoms with Gasteiger partial charge in [-0.05, 0) is 0 Å². The van der Waals surface area contributed by atoms with Crippen molar-refractivity contribution in [3.63, 3.8) is 0 Å². The van der Waals surface area contributed by atoms with Crippen LogP contribution in [0, 0.1) is 0 Å². The van der Waals surface area contributed by atoms with E-state index in [2.05, 4.69) is 14.7 Å². The number of hydrogen-bond acceptors (Lipinski definition) is 10. The van der Waals surface area contributed by atoms with Crippen LogP contribution in [0.2, 0.25) is 0 Å². The highest BCUT2D eigenvalue weighted by Gasteiger charge is 2.21. The van der Waals surface area contributed by atoms with E-state index >= 15 is 0 Å². The Kier molecular flexibility index (Phi) is 25.7. The summed E-state index contributed by atoms with van der Waals surface area (Å²) in [6.07, 6.45) is 0. The Bertz CT molecular complexity index is 181. The van der Waals surface area contributed by atoms with Crippen LogP contribution in [0.25, 0.3) is 0 Å². The van der Waals surface area contributed by atoms with Gasteiger partial charge in [0, 0.05) is 26.2 Å². The number of aliphatic hydroxyl groups excluding tert-OH is 5. The first kappa shape index (κ1) is 27.4. The fourth-order valence-electron chi connectivity index (χ4n) is 1.83. The number of nitrogens with two attached hydrogens (primary N) is 1. The summed E-state index contributed by atoms with van der Waals surface area (Å²) in [7, 11) is 0. The van der Waals surface area contributed by atoms with Gasteiger partial charge in [-0.25, -0.2) is 0 Å². The van der Waals surface area contributed by atoms with E-state index < -0.39 is 6.79 Å². The van der Waals surface area contributed by atoms with Crippen LogP contribution in [0.3, 0.4) is 0 Å². The van der Waals surface area contributed by atoms with Gasteiger partial charge in [0.2, 0.25) is 0 Å². The van der Waals surface area contributed by atoms with Gasteiger partial charge in [0.15, 0.2) is 0 Å². The second-order valence-corrected chi connectivity index (χ2v) is 4.43. The lowest BCUT2D eigenvalue weighted by Crippen LogP contribution is -2.56. The standard InChI is InChI=1S/C9H21N3O3.C2H7NO.CH4O2.H2O/c13-4-1-10-7-11(2-5-14)9-12(8-10)3-6-15;3-1-2-4;2-1-3;/h13-15H,1-9H2;4H,1-3H2;2-3H,1H2;1H2. The van der Waals surface area contributed by atoms with E-state index in [9.17, 15) is 0 Å². The van der Waals surface area contributed by atoms with Crippen molar-refractivity contribution in [3.05, 3.63) is 0 Å². The zero-order valence-corrected chi connectivity index (χ0v) is 13.6. The van der Waals surface area contributed by atoms with Crippen molar-refractivity contribution < 1.29 is 36.1 Å². The summed E-state index contributed by atoms with van der Waals surface area (Å²) < 4.78 is 0. The van der Waals surface area contributed by atoms with Gasteiger partial charge in [0.25, 0.3) is 0 Å². The average Bonchev–Trinajstić information content (AvgIpc) is 2.49. The Balaban J connectivity index is -0.000000427. The second kappa shape index (κ2) is 21.6. The molecule has 1 rings (SSSR count). The molecule has 10 N–H and O–H groups in total. The van der Waals surface area contributed by atoms with Gasteiger partial charge in [-0.3, -0.25) is 14.7 Å². The van der Waals surface area contributed by atoms with Crippen molar-refractivity contribution in [2.75, 3.05) is 79.4 Å². The molecule has 0 spiro atoms.